The molecule has 0 fully saturated rings. The van der Waals surface area contributed by atoms with E-state index < -0.39 is 10.0 Å². The molecule has 3 aromatic rings. The highest BCUT2D eigenvalue weighted by molar-refractivity contribution is 9.10. The fraction of sp³-hybridized carbons (Fsp3) is 0.240. The van der Waals surface area contributed by atoms with Crippen molar-refractivity contribution in [3.8, 4) is 0 Å². The van der Waals surface area contributed by atoms with Crippen LogP contribution in [0.4, 0.5) is 5.69 Å². The molecule has 0 saturated heterocycles. The summed E-state index contributed by atoms with van der Waals surface area (Å²) in [6.45, 7) is 7.69. The van der Waals surface area contributed by atoms with Crippen molar-refractivity contribution >= 4 is 37.5 Å². The van der Waals surface area contributed by atoms with E-state index in [1.165, 1.54) is 17.7 Å². The molecular formula is C25H27BrN2O3S. The van der Waals surface area contributed by atoms with Gasteiger partial charge < -0.3 is 5.32 Å². The maximum absolute atomic E-state index is 13.4. The normalized spacial score (nSPS) is 12.3. The lowest BCUT2D eigenvalue weighted by atomic mass is 9.96. The zero-order valence-electron chi connectivity index (χ0n) is 18.6. The Hall–Kier alpha value is -2.64. The average Bonchev–Trinajstić information content (AvgIpc) is 2.75. The molecule has 0 unspecified atom stereocenters. The first-order chi connectivity index (χ1) is 15.1. The number of carbonyl (C=O) groups is 1. The Morgan fingerprint density at radius 3 is 2.16 bits per heavy atom. The number of hydrogen-bond acceptors (Lipinski definition) is 3. The molecule has 0 bridgehead atoms. The summed E-state index contributed by atoms with van der Waals surface area (Å²) < 4.78 is 28.7. The lowest BCUT2D eigenvalue weighted by Gasteiger charge is -2.25. The summed E-state index contributed by atoms with van der Waals surface area (Å²) in [6.07, 6.45) is 0. The molecule has 1 N–H and O–H groups in total. The number of nitrogens with zero attached hydrogens (tertiary/aromatic N) is 1. The predicted molar refractivity (Wildman–Crippen MR) is 132 cm³/mol. The van der Waals surface area contributed by atoms with E-state index in [0.717, 1.165) is 25.5 Å². The quantitative estimate of drug-likeness (QED) is 0.455. The molecule has 5 nitrogen and oxygen atoms in total. The topological polar surface area (TPSA) is 66.5 Å². The monoisotopic (exact) mass is 514 g/mol. The highest BCUT2D eigenvalue weighted by Gasteiger charge is 2.27. The molecule has 0 spiro atoms. The Kier molecular flexibility index (Phi) is 7.41. The molecule has 1 atom stereocenters. The molecule has 168 valence electrons. The highest BCUT2D eigenvalue weighted by Crippen LogP contribution is 2.26. The van der Waals surface area contributed by atoms with E-state index >= 15 is 0 Å². The Labute approximate surface area is 198 Å². The summed E-state index contributed by atoms with van der Waals surface area (Å²) in [7, 11) is -3.93. The second-order valence-electron chi connectivity index (χ2n) is 7.88. The minimum absolute atomic E-state index is 0.133. The second-order valence-corrected chi connectivity index (χ2v) is 10.7. The van der Waals surface area contributed by atoms with Crippen LogP contribution in [0.2, 0.25) is 0 Å². The first-order valence-corrected chi connectivity index (χ1v) is 12.5. The van der Waals surface area contributed by atoms with Gasteiger partial charge in [0.15, 0.2) is 0 Å². The van der Waals surface area contributed by atoms with Gasteiger partial charge in [-0.1, -0.05) is 46.3 Å². The van der Waals surface area contributed by atoms with Crippen LogP contribution in [0.15, 0.2) is 76.1 Å². The third kappa shape index (κ3) is 5.40. The van der Waals surface area contributed by atoms with Gasteiger partial charge >= 0.3 is 0 Å². The van der Waals surface area contributed by atoms with E-state index in [-0.39, 0.29) is 23.4 Å². The summed E-state index contributed by atoms with van der Waals surface area (Å²) in [5.41, 5.74) is 4.86. The fourth-order valence-corrected chi connectivity index (χ4v) is 5.29. The molecule has 0 saturated carbocycles. The van der Waals surface area contributed by atoms with Crippen molar-refractivity contribution in [1.29, 1.82) is 0 Å². The Balaban J connectivity index is 1.89. The van der Waals surface area contributed by atoms with E-state index in [0.29, 0.717) is 5.69 Å². The zero-order chi connectivity index (χ0) is 23.5. The van der Waals surface area contributed by atoms with Gasteiger partial charge in [0.05, 0.1) is 16.6 Å². The highest BCUT2D eigenvalue weighted by atomic mass is 79.9. The van der Waals surface area contributed by atoms with Gasteiger partial charge in [-0.05, 0) is 86.3 Å². The van der Waals surface area contributed by atoms with Crippen LogP contribution in [0, 0.1) is 20.8 Å². The van der Waals surface area contributed by atoms with E-state index in [1.807, 2.05) is 20.8 Å². The van der Waals surface area contributed by atoms with Crippen molar-refractivity contribution in [1.82, 2.24) is 5.32 Å². The molecule has 32 heavy (non-hydrogen) atoms. The molecule has 1 amide bonds. The Morgan fingerprint density at radius 2 is 1.53 bits per heavy atom. The molecular weight excluding hydrogens is 488 g/mol. The number of rotatable bonds is 7. The van der Waals surface area contributed by atoms with Crippen molar-refractivity contribution < 1.29 is 13.2 Å². The summed E-state index contributed by atoms with van der Waals surface area (Å²) in [6, 6.07) is 18.9. The van der Waals surface area contributed by atoms with Crippen LogP contribution >= 0.6 is 15.9 Å². The SMILES string of the molecule is Cc1cc(C)c([C@H](C)NC(=O)CN(c2ccc(Br)cc2)S(=O)(=O)c2ccccc2)cc1C. The molecule has 3 rings (SSSR count). The van der Waals surface area contributed by atoms with Crippen molar-refractivity contribution in [2.24, 2.45) is 0 Å². The molecule has 0 radical (unpaired) electrons. The van der Waals surface area contributed by atoms with Crippen LogP contribution in [0.5, 0.6) is 0 Å². The number of carbonyl (C=O) groups excluding carboxylic acids is 1. The van der Waals surface area contributed by atoms with Gasteiger partial charge in [-0.15, -0.1) is 0 Å². The smallest absolute Gasteiger partial charge is 0.264 e. The second kappa shape index (κ2) is 9.88. The Morgan fingerprint density at radius 1 is 0.938 bits per heavy atom. The van der Waals surface area contributed by atoms with Crippen molar-refractivity contribution in [3.63, 3.8) is 0 Å². The molecule has 0 aliphatic carbocycles. The van der Waals surface area contributed by atoms with Gasteiger partial charge in [0, 0.05) is 4.47 Å². The maximum Gasteiger partial charge on any atom is 0.264 e. The van der Waals surface area contributed by atoms with Crippen molar-refractivity contribution in [3.05, 3.63) is 93.5 Å². The molecule has 0 heterocycles. The molecule has 7 heteroatoms. The number of nitrogens with one attached hydrogen (secondary N) is 1. The van der Waals surface area contributed by atoms with Gasteiger partial charge in [0.25, 0.3) is 10.0 Å². The fourth-order valence-electron chi connectivity index (χ4n) is 3.59. The van der Waals surface area contributed by atoms with Crippen molar-refractivity contribution in [2.75, 3.05) is 10.8 Å². The lowest BCUT2D eigenvalue weighted by molar-refractivity contribution is -0.120. The molecule has 3 aromatic carbocycles. The maximum atomic E-state index is 13.4. The number of halogens is 1. The van der Waals surface area contributed by atoms with Gasteiger partial charge in [-0.3, -0.25) is 9.10 Å². The first-order valence-electron chi connectivity index (χ1n) is 10.3. The van der Waals surface area contributed by atoms with E-state index in [4.69, 9.17) is 0 Å². The minimum atomic E-state index is -3.93. The van der Waals surface area contributed by atoms with Gasteiger partial charge in [-0.25, -0.2) is 8.42 Å². The molecule has 0 aromatic heterocycles. The average molecular weight is 515 g/mol. The summed E-state index contributed by atoms with van der Waals surface area (Å²) >= 11 is 3.37. The molecule has 0 aliphatic rings. The number of hydrogen-bond donors (Lipinski definition) is 1. The summed E-state index contributed by atoms with van der Waals surface area (Å²) in [5.74, 6) is -0.377. The van der Waals surface area contributed by atoms with E-state index in [2.05, 4.69) is 40.3 Å². The summed E-state index contributed by atoms with van der Waals surface area (Å²) in [5, 5.41) is 2.96. The van der Waals surface area contributed by atoms with E-state index in [9.17, 15) is 13.2 Å². The predicted octanol–water partition coefficient (Wildman–Crippen LogP) is 5.45. The van der Waals surface area contributed by atoms with Crippen LogP contribution in [0.3, 0.4) is 0 Å². The lowest BCUT2D eigenvalue weighted by Crippen LogP contribution is -2.41. The standard InChI is InChI=1S/C25H27BrN2O3S/c1-17-14-19(3)24(15-18(17)2)20(4)27-25(29)16-28(22-12-10-21(26)11-13-22)32(30,31)23-8-6-5-7-9-23/h5-15,20H,16H2,1-4H3,(H,27,29)/t20-/m0/s1. The van der Waals surface area contributed by atoms with Crippen LogP contribution < -0.4 is 9.62 Å². The van der Waals surface area contributed by atoms with Gasteiger partial charge in [-0.2, -0.15) is 0 Å². The minimum Gasteiger partial charge on any atom is -0.348 e. The van der Waals surface area contributed by atoms with Crippen LogP contribution in [0.25, 0.3) is 0 Å². The molecule has 0 aliphatic heterocycles. The first kappa shape index (κ1) is 24.0. The number of anilines is 1. The number of amides is 1. The number of benzene rings is 3. The number of sulfonamides is 1. The zero-order valence-corrected chi connectivity index (χ0v) is 21.0. The van der Waals surface area contributed by atoms with Crippen LogP contribution in [0.1, 0.15) is 35.2 Å². The largest absolute Gasteiger partial charge is 0.348 e. The van der Waals surface area contributed by atoms with E-state index in [1.54, 1.807) is 42.5 Å². The van der Waals surface area contributed by atoms with Gasteiger partial charge in [0.1, 0.15) is 6.54 Å². The summed E-state index contributed by atoms with van der Waals surface area (Å²) in [4.78, 5) is 13.1. The van der Waals surface area contributed by atoms with Crippen LogP contribution in [-0.4, -0.2) is 20.9 Å². The third-order valence-corrected chi connectivity index (χ3v) is 7.78. The van der Waals surface area contributed by atoms with Gasteiger partial charge in [0.2, 0.25) is 5.91 Å². The number of aryl methyl sites for hydroxylation is 3. The Bertz CT molecular complexity index is 1210. The van der Waals surface area contributed by atoms with Crippen LogP contribution in [-0.2, 0) is 14.8 Å². The third-order valence-electron chi connectivity index (χ3n) is 5.46. The van der Waals surface area contributed by atoms with Crippen molar-refractivity contribution in [2.45, 2.75) is 38.6 Å².